The molecule has 1 atom stereocenters. The molecular formula is C23H31N5O3. The highest BCUT2D eigenvalue weighted by Crippen LogP contribution is 2.24. The fourth-order valence-electron chi connectivity index (χ4n) is 4.14. The Balaban J connectivity index is 1.50. The number of likely N-dealkylation sites (tertiary alicyclic amines) is 1. The van der Waals surface area contributed by atoms with E-state index in [4.69, 9.17) is 9.47 Å². The fraction of sp³-hybridized carbons (Fsp3) is 0.522. The molecule has 1 N–H and O–H groups in total. The smallest absolute Gasteiger partial charge is 0.328 e. The number of H-pyrrole nitrogens is 1. The Morgan fingerprint density at radius 1 is 1.10 bits per heavy atom. The number of hydrogen-bond acceptors (Lipinski definition) is 6. The van der Waals surface area contributed by atoms with Gasteiger partial charge in [-0.15, -0.1) is 0 Å². The second-order valence-electron chi connectivity index (χ2n) is 8.12. The van der Waals surface area contributed by atoms with Gasteiger partial charge in [0.25, 0.3) is 0 Å². The van der Waals surface area contributed by atoms with Crippen LogP contribution in [0.5, 0.6) is 6.01 Å². The molecule has 4 rings (SSSR count). The summed E-state index contributed by atoms with van der Waals surface area (Å²) in [5.74, 6) is 0. The van der Waals surface area contributed by atoms with Gasteiger partial charge in [0.2, 0.25) is 0 Å². The van der Waals surface area contributed by atoms with Gasteiger partial charge in [-0.1, -0.05) is 37.1 Å². The fourth-order valence-corrected chi connectivity index (χ4v) is 4.14. The van der Waals surface area contributed by atoms with Crippen LogP contribution in [0.2, 0.25) is 0 Å². The van der Waals surface area contributed by atoms with Crippen molar-refractivity contribution in [1.82, 2.24) is 24.4 Å². The highest BCUT2D eigenvalue weighted by atomic mass is 16.5. The van der Waals surface area contributed by atoms with Gasteiger partial charge in [0.15, 0.2) is 5.65 Å². The number of nitrogens with one attached hydrogen (secondary N) is 1. The highest BCUT2D eigenvalue weighted by Gasteiger charge is 2.17. The first-order chi connectivity index (χ1) is 15.2. The van der Waals surface area contributed by atoms with Crippen molar-refractivity contribution < 1.29 is 9.47 Å². The molecule has 0 aliphatic carbocycles. The van der Waals surface area contributed by atoms with E-state index in [1.165, 1.54) is 44.3 Å². The zero-order valence-corrected chi connectivity index (χ0v) is 18.3. The maximum atomic E-state index is 12.5. The predicted octanol–water partition coefficient (Wildman–Crippen LogP) is 3.13. The standard InChI is InChI=1S/C23H31N5O3/c1-17(27-11-5-3-4-6-12-27)19-9-7-18(8-10-19)16-28-21-20(25-23(28)29)15-24-22(26-21)31-14-13-30-2/h7-10,15,17H,3-6,11-14,16H2,1-2H3,(H,25,29). The third-order valence-electron chi connectivity index (χ3n) is 6.00. The topological polar surface area (TPSA) is 85.3 Å². The van der Waals surface area contributed by atoms with E-state index in [1.54, 1.807) is 17.9 Å². The molecule has 166 valence electrons. The van der Waals surface area contributed by atoms with E-state index in [-0.39, 0.29) is 11.7 Å². The zero-order chi connectivity index (χ0) is 21.6. The van der Waals surface area contributed by atoms with E-state index in [0.29, 0.717) is 37.0 Å². The summed E-state index contributed by atoms with van der Waals surface area (Å²) < 4.78 is 12.1. The molecule has 0 radical (unpaired) electrons. The zero-order valence-electron chi connectivity index (χ0n) is 18.3. The normalized spacial score (nSPS) is 16.3. The number of aromatic nitrogens is 4. The quantitative estimate of drug-likeness (QED) is 0.558. The van der Waals surface area contributed by atoms with E-state index in [2.05, 4.69) is 51.0 Å². The first-order valence-corrected chi connectivity index (χ1v) is 11.1. The maximum absolute atomic E-state index is 12.5. The van der Waals surface area contributed by atoms with Crippen LogP contribution in [0.3, 0.4) is 0 Å². The molecule has 31 heavy (non-hydrogen) atoms. The Morgan fingerprint density at radius 3 is 2.55 bits per heavy atom. The van der Waals surface area contributed by atoms with Gasteiger partial charge in [-0.2, -0.15) is 4.98 Å². The van der Waals surface area contributed by atoms with Gasteiger partial charge in [0.05, 0.1) is 19.3 Å². The molecule has 1 fully saturated rings. The molecule has 8 nitrogen and oxygen atoms in total. The van der Waals surface area contributed by atoms with Gasteiger partial charge in [0, 0.05) is 13.2 Å². The number of methoxy groups -OCH3 is 1. The van der Waals surface area contributed by atoms with Gasteiger partial charge in [-0.3, -0.25) is 9.47 Å². The molecular weight excluding hydrogens is 394 g/mol. The number of fused-ring (bicyclic) bond motifs is 1. The molecule has 1 unspecified atom stereocenters. The van der Waals surface area contributed by atoms with E-state index >= 15 is 0 Å². The van der Waals surface area contributed by atoms with Gasteiger partial charge in [-0.25, -0.2) is 9.78 Å². The Morgan fingerprint density at radius 2 is 1.84 bits per heavy atom. The van der Waals surface area contributed by atoms with Crippen molar-refractivity contribution in [3.8, 4) is 6.01 Å². The Labute approximate surface area is 182 Å². The Kier molecular flexibility index (Phi) is 6.99. The number of benzene rings is 1. The van der Waals surface area contributed by atoms with Crippen molar-refractivity contribution in [2.24, 2.45) is 0 Å². The van der Waals surface area contributed by atoms with E-state index in [9.17, 15) is 4.79 Å². The lowest BCUT2D eigenvalue weighted by molar-refractivity contribution is 0.141. The summed E-state index contributed by atoms with van der Waals surface area (Å²) in [6.07, 6.45) is 6.82. The molecule has 2 aromatic heterocycles. The minimum absolute atomic E-state index is 0.208. The van der Waals surface area contributed by atoms with Gasteiger partial charge in [0.1, 0.15) is 12.1 Å². The third-order valence-corrected chi connectivity index (χ3v) is 6.00. The van der Waals surface area contributed by atoms with Gasteiger partial charge >= 0.3 is 11.7 Å². The minimum atomic E-state index is -0.208. The summed E-state index contributed by atoms with van der Waals surface area (Å²) in [6.45, 7) is 5.86. The van der Waals surface area contributed by atoms with Crippen molar-refractivity contribution in [3.63, 3.8) is 0 Å². The van der Waals surface area contributed by atoms with Crippen LogP contribution in [0.1, 0.15) is 49.8 Å². The summed E-state index contributed by atoms with van der Waals surface area (Å²) >= 11 is 0. The van der Waals surface area contributed by atoms with Crippen LogP contribution in [0.15, 0.2) is 35.3 Å². The molecule has 1 saturated heterocycles. The Bertz CT molecular complexity index is 1040. The van der Waals surface area contributed by atoms with Crippen molar-refractivity contribution in [3.05, 3.63) is 52.1 Å². The lowest BCUT2D eigenvalue weighted by Crippen LogP contribution is -2.27. The highest BCUT2D eigenvalue weighted by molar-refractivity contribution is 5.69. The van der Waals surface area contributed by atoms with E-state index in [1.807, 2.05) is 0 Å². The largest absolute Gasteiger partial charge is 0.461 e. The summed E-state index contributed by atoms with van der Waals surface area (Å²) in [5, 5.41) is 0. The monoisotopic (exact) mass is 425 g/mol. The third kappa shape index (κ3) is 5.14. The average molecular weight is 426 g/mol. The van der Waals surface area contributed by atoms with Crippen LogP contribution in [0.4, 0.5) is 0 Å². The lowest BCUT2D eigenvalue weighted by atomic mass is 10.0. The number of aromatic amines is 1. The summed E-state index contributed by atoms with van der Waals surface area (Å²) in [5.41, 5.74) is 3.29. The Hall–Kier alpha value is -2.71. The molecule has 0 spiro atoms. The number of hydrogen-bond donors (Lipinski definition) is 1. The second-order valence-corrected chi connectivity index (χ2v) is 8.12. The maximum Gasteiger partial charge on any atom is 0.328 e. The minimum Gasteiger partial charge on any atom is -0.461 e. The lowest BCUT2D eigenvalue weighted by Gasteiger charge is -2.28. The van der Waals surface area contributed by atoms with Crippen LogP contribution < -0.4 is 10.4 Å². The number of nitrogens with zero attached hydrogens (tertiary/aromatic N) is 4. The first-order valence-electron chi connectivity index (χ1n) is 11.1. The van der Waals surface area contributed by atoms with Crippen molar-refractivity contribution >= 4 is 11.2 Å². The summed E-state index contributed by atoms with van der Waals surface area (Å²) in [6, 6.07) is 9.21. The van der Waals surface area contributed by atoms with Gasteiger partial charge in [-0.05, 0) is 44.0 Å². The van der Waals surface area contributed by atoms with Crippen LogP contribution in [0.25, 0.3) is 11.2 Å². The van der Waals surface area contributed by atoms with Crippen molar-refractivity contribution in [2.75, 3.05) is 33.4 Å². The van der Waals surface area contributed by atoms with Crippen LogP contribution in [0, 0.1) is 0 Å². The van der Waals surface area contributed by atoms with Crippen LogP contribution in [-0.2, 0) is 11.3 Å². The van der Waals surface area contributed by atoms with Crippen molar-refractivity contribution in [2.45, 2.75) is 45.2 Å². The molecule has 0 saturated carbocycles. The predicted molar refractivity (Wildman–Crippen MR) is 120 cm³/mol. The molecule has 0 amide bonds. The van der Waals surface area contributed by atoms with E-state index in [0.717, 1.165) is 5.56 Å². The first kappa shape index (κ1) is 21.5. The molecule has 0 bridgehead atoms. The van der Waals surface area contributed by atoms with Crippen LogP contribution >= 0.6 is 0 Å². The molecule has 1 aliphatic rings. The second kappa shape index (κ2) is 10.1. The number of rotatable bonds is 8. The average Bonchev–Trinajstić information content (AvgIpc) is 2.96. The summed E-state index contributed by atoms with van der Waals surface area (Å²) in [4.78, 5) is 26.5. The molecule has 3 aromatic rings. The van der Waals surface area contributed by atoms with Crippen LogP contribution in [-0.4, -0.2) is 57.8 Å². The van der Waals surface area contributed by atoms with Gasteiger partial charge < -0.3 is 14.5 Å². The molecule has 1 aromatic carbocycles. The number of ether oxygens (including phenoxy) is 2. The number of imidazole rings is 1. The molecule has 1 aliphatic heterocycles. The summed E-state index contributed by atoms with van der Waals surface area (Å²) in [7, 11) is 1.61. The van der Waals surface area contributed by atoms with Crippen molar-refractivity contribution in [1.29, 1.82) is 0 Å². The molecule has 3 heterocycles. The SMILES string of the molecule is COCCOc1ncc2[nH]c(=O)n(Cc3ccc(C(C)N4CCCCCC4)cc3)c2n1. The molecule has 8 heteroatoms. The van der Waals surface area contributed by atoms with E-state index < -0.39 is 0 Å².